The fourth-order valence-electron chi connectivity index (χ4n) is 4.96. The lowest BCUT2D eigenvalue weighted by molar-refractivity contribution is -0.163. The van der Waals surface area contributed by atoms with Crippen LogP contribution in [0.2, 0.25) is 0 Å². The minimum Gasteiger partial charge on any atom is -0.481 e. The minimum atomic E-state index is -0.629. The molecule has 0 radical (unpaired) electrons. The number of rotatable bonds is 2. The first-order valence-electron chi connectivity index (χ1n) is 7.06. The van der Waals surface area contributed by atoms with Gasteiger partial charge in [-0.2, -0.15) is 0 Å². The van der Waals surface area contributed by atoms with E-state index in [1.165, 1.54) is 6.42 Å². The van der Waals surface area contributed by atoms with Gasteiger partial charge in [-0.15, -0.1) is 0 Å². The second kappa shape index (κ2) is 3.98. The average molecular weight is 238 g/mol. The Bertz CT molecular complexity index is 327. The number of hydrogen-bond donors (Lipinski definition) is 2. The number of carboxylic acid groups (broad SMARTS) is 1. The molecule has 96 valence electrons. The van der Waals surface area contributed by atoms with Crippen molar-refractivity contribution in [2.75, 3.05) is 0 Å². The Morgan fingerprint density at radius 3 is 2.41 bits per heavy atom. The smallest absolute Gasteiger partial charge is 0.310 e. The second-order valence-electron chi connectivity index (χ2n) is 6.38. The molecule has 2 N–H and O–H groups in total. The molecular weight excluding hydrogens is 216 g/mol. The first-order chi connectivity index (χ1) is 8.14. The van der Waals surface area contributed by atoms with Crippen LogP contribution in [0.4, 0.5) is 0 Å². The number of fused-ring (bicyclic) bond motifs is 2. The first kappa shape index (κ1) is 11.5. The lowest BCUT2D eigenvalue weighted by Gasteiger charge is -2.44. The molecule has 2 bridgehead atoms. The van der Waals surface area contributed by atoms with Crippen molar-refractivity contribution >= 4 is 5.97 Å². The molecule has 0 aromatic rings. The molecule has 5 atom stereocenters. The Hall–Kier alpha value is -0.570. The molecule has 3 heteroatoms. The Kier molecular flexibility index (Phi) is 2.69. The predicted octanol–water partition coefficient (Wildman–Crippen LogP) is 2.43. The molecule has 3 aliphatic rings. The molecule has 17 heavy (non-hydrogen) atoms. The van der Waals surface area contributed by atoms with Crippen molar-refractivity contribution in [1.29, 1.82) is 0 Å². The summed E-state index contributed by atoms with van der Waals surface area (Å²) in [6, 6.07) is 0. The van der Waals surface area contributed by atoms with Crippen molar-refractivity contribution in [2.24, 2.45) is 23.2 Å². The summed E-state index contributed by atoms with van der Waals surface area (Å²) in [5.41, 5.74) is -0.581. The van der Waals surface area contributed by atoms with Gasteiger partial charge in [-0.1, -0.05) is 19.3 Å². The van der Waals surface area contributed by atoms with Gasteiger partial charge in [-0.05, 0) is 43.9 Å². The van der Waals surface area contributed by atoms with Gasteiger partial charge in [0, 0.05) is 5.92 Å². The number of hydrogen-bond acceptors (Lipinski definition) is 2. The summed E-state index contributed by atoms with van der Waals surface area (Å²) in [6.45, 7) is 0. The lowest BCUT2D eigenvalue weighted by atomic mass is 9.60. The van der Waals surface area contributed by atoms with E-state index in [2.05, 4.69) is 0 Å². The summed E-state index contributed by atoms with van der Waals surface area (Å²) in [4.78, 5) is 11.8. The van der Waals surface area contributed by atoms with Gasteiger partial charge in [-0.25, -0.2) is 0 Å². The maximum absolute atomic E-state index is 11.8. The molecule has 5 unspecified atom stereocenters. The van der Waals surface area contributed by atoms with Crippen molar-refractivity contribution in [3.05, 3.63) is 0 Å². The van der Waals surface area contributed by atoms with Crippen LogP contribution in [0.1, 0.15) is 51.4 Å². The topological polar surface area (TPSA) is 57.5 Å². The van der Waals surface area contributed by atoms with Crippen LogP contribution in [0.3, 0.4) is 0 Å². The molecule has 3 rings (SSSR count). The highest BCUT2D eigenvalue weighted by Crippen LogP contribution is 2.61. The number of carboxylic acids is 1. The van der Waals surface area contributed by atoms with Gasteiger partial charge >= 0.3 is 5.97 Å². The number of aliphatic carboxylic acids is 1. The fourth-order valence-corrected chi connectivity index (χ4v) is 4.96. The van der Waals surface area contributed by atoms with E-state index in [0.717, 1.165) is 44.9 Å². The van der Waals surface area contributed by atoms with Crippen LogP contribution >= 0.6 is 0 Å². The number of aliphatic hydroxyl groups is 1. The zero-order valence-electron chi connectivity index (χ0n) is 10.3. The van der Waals surface area contributed by atoms with E-state index in [4.69, 9.17) is 0 Å². The first-order valence-corrected chi connectivity index (χ1v) is 7.06. The van der Waals surface area contributed by atoms with Crippen molar-refractivity contribution in [3.63, 3.8) is 0 Å². The molecular formula is C14H22O3. The Balaban J connectivity index is 1.92. The zero-order valence-corrected chi connectivity index (χ0v) is 10.3. The molecule has 0 amide bonds. The molecule has 0 aromatic carbocycles. The molecule has 3 aliphatic carbocycles. The van der Waals surface area contributed by atoms with Crippen molar-refractivity contribution < 1.29 is 15.0 Å². The second-order valence-corrected chi connectivity index (χ2v) is 6.38. The van der Waals surface area contributed by atoms with Gasteiger partial charge in [0.15, 0.2) is 0 Å². The monoisotopic (exact) mass is 238 g/mol. The summed E-state index contributed by atoms with van der Waals surface area (Å²) < 4.78 is 0. The number of carbonyl (C=O) groups is 1. The highest BCUT2D eigenvalue weighted by atomic mass is 16.4. The van der Waals surface area contributed by atoms with Crippen molar-refractivity contribution in [1.82, 2.24) is 0 Å². The highest BCUT2D eigenvalue weighted by Gasteiger charge is 2.60. The third kappa shape index (κ3) is 1.55. The molecule has 0 aromatic heterocycles. The lowest BCUT2D eigenvalue weighted by Crippen LogP contribution is -2.49. The van der Waals surface area contributed by atoms with Crippen LogP contribution < -0.4 is 0 Å². The molecule has 3 saturated carbocycles. The van der Waals surface area contributed by atoms with E-state index in [9.17, 15) is 15.0 Å². The third-order valence-electron chi connectivity index (χ3n) is 5.69. The largest absolute Gasteiger partial charge is 0.481 e. The summed E-state index contributed by atoms with van der Waals surface area (Å²) in [5.74, 6) is 0.340. The molecule has 3 fully saturated rings. The quantitative estimate of drug-likeness (QED) is 0.776. The summed E-state index contributed by atoms with van der Waals surface area (Å²) in [5, 5.41) is 20.0. The van der Waals surface area contributed by atoms with E-state index in [-0.39, 0.29) is 12.0 Å². The van der Waals surface area contributed by atoms with E-state index in [0.29, 0.717) is 11.8 Å². The van der Waals surface area contributed by atoms with Gasteiger partial charge in [0.05, 0.1) is 11.5 Å². The van der Waals surface area contributed by atoms with Gasteiger partial charge in [-0.3, -0.25) is 4.79 Å². The molecule has 0 heterocycles. The van der Waals surface area contributed by atoms with Crippen LogP contribution in [0.5, 0.6) is 0 Å². The molecule has 0 aliphatic heterocycles. The van der Waals surface area contributed by atoms with Gasteiger partial charge in [0.25, 0.3) is 0 Å². The Morgan fingerprint density at radius 2 is 1.88 bits per heavy atom. The average Bonchev–Trinajstić information content (AvgIpc) is 2.89. The van der Waals surface area contributed by atoms with E-state index < -0.39 is 11.4 Å². The van der Waals surface area contributed by atoms with Crippen LogP contribution in [0, 0.1) is 23.2 Å². The maximum Gasteiger partial charge on any atom is 0.310 e. The Labute approximate surface area is 102 Å². The molecule has 0 spiro atoms. The molecule has 3 nitrogen and oxygen atoms in total. The Morgan fingerprint density at radius 1 is 1.12 bits per heavy atom. The van der Waals surface area contributed by atoms with Crippen LogP contribution in [0.25, 0.3) is 0 Å². The van der Waals surface area contributed by atoms with E-state index in [1.807, 2.05) is 0 Å². The third-order valence-corrected chi connectivity index (χ3v) is 5.69. The van der Waals surface area contributed by atoms with Crippen molar-refractivity contribution in [3.8, 4) is 0 Å². The van der Waals surface area contributed by atoms with Crippen LogP contribution in [-0.2, 0) is 4.79 Å². The zero-order chi connectivity index (χ0) is 12.0. The summed E-state index contributed by atoms with van der Waals surface area (Å²) in [7, 11) is 0. The van der Waals surface area contributed by atoms with Gasteiger partial charge in [0.2, 0.25) is 0 Å². The van der Waals surface area contributed by atoms with E-state index in [1.54, 1.807) is 0 Å². The maximum atomic E-state index is 11.8. The predicted molar refractivity (Wildman–Crippen MR) is 63.5 cm³/mol. The fraction of sp³-hybridized carbons (Fsp3) is 0.929. The van der Waals surface area contributed by atoms with Gasteiger partial charge < -0.3 is 10.2 Å². The highest BCUT2D eigenvalue weighted by molar-refractivity contribution is 5.76. The summed E-state index contributed by atoms with van der Waals surface area (Å²) in [6.07, 6.45) is 7.69. The SMILES string of the molecule is O=C(O)C1(C2CCCCC2O)CC2CCC1C2. The standard InChI is InChI=1S/C14H22O3/c15-12-4-2-1-3-11(12)14(13(16)17)8-9-5-6-10(14)7-9/h9-12,15H,1-8H2,(H,16,17). The summed E-state index contributed by atoms with van der Waals surface area (Å²) >= 11 is 0. The van der Waals surface area contributed by atoms with Gasteiger partial charge in [0.1, 0.15) is 0 Å². The molecule has 0 saturated heterocycles. The number of aliphatic hydroxyl groups excluding tert-OH is 1. The van der Waals surface area contributed by atoms with E-state index >= 15 is 0 Å². The minimum absolute atomic E-state index is 0.0176. The van der Waals surface area contributed by atoms with Crippen LogP contribution in [0.15, 0.2) is 0 Å². The van der Waals surface area contributed by atoms with Crippen LogP contribution in [-0.4, -0.2) is 22.3 Å². The van der Waals surface area contributed by atoms with Crippen molar-refractivity contribution in [2.45, 2.75) is 57.5 Å². The normalized spacial score (nSPS) is 49.5.